The minimum Gasteiger partial charge on any atom is -0.393 e. The van der Waals surface area contributed by atoms with Gasteiger partial charge in [-0.15, -0.1) is 10.2 Å². The molecule has 37 heavy (non-hydrogen) atoms. The van der Waals surface area contributed by atoms with Gasteiger partial charge in [-0.25, -0.2) is 10.9 Å². The van der Waals surface area contributed by atoms with Gasteiger partial charge in [-0.3, -0.25) is 4.79 Å². The van der Waals surface area contributed by atoms with Crippen LogP contribution >= 0.6 is 0 Å². The van der Waals surface area contributed by atoms with Crippen LogP contribution in [0.1, 0.15) is 106 Å². The molecule has 2 aliphatic carbocycles. The Morgan fingerprint density at radius 3 is 2.65 bits per heavy atom. The maximum atomic E-state index is 13.4. The second-order valence-electron chi connectivity index (χ2n) is 11.5. The monoisotopic (exact) mass is 508 g/mol. The number of hydrogen-bond acceptors (Lipinski definition) is 6. The lowest BCUT2D eigenvalue weighted by Crippen LogP contribution is -2.39. The van der Waals surface area contributed by atoms with E-state index in [1.54, 1.807) is 13.0 Å². The van der Waals surface area contributed by atoms with Gasteiger partial charge in [-0.2, -0.15) is 0 Å². The Hall–Kier alpha value is -2.94. The summed E-state index contributed by atoms with van der Waals surface area (Å²) in [7, 11) is 0. The number of rotatable bonds is 12. The number of hydrazine groups is 1. The molecule has 1 aromatic carbocycles. The van der Waals surface area contributed by atoms with Gasteiger partial charge in [0.15, 0.2) is 0 Å². The number of aryl methyl sites for hydroxylation is 1. The number of nitrogens with two attached hydrogens (primary N) is 1. The van der Waals surface area contributed by atoms with Crippen molar-refractivity contribution in [2.24, 2.45) is 22.8 Å². The molecule has 0 saturated heterocycles. The average Bonchev–Trinajstić information content (AvgIpc) is 3.56. The highest BCUT2D eigenvalue weighted by atomic mass is 16.3. The fourth-order valence-electron chi connectivity index (χ4n) is 5.70. The van der Waals surface area contributed by atoms with E-state index in [4.69, 9.17) is 11.4 Å². The summed E-state index contributed by atoms with van der Waals surface area (Å²) in [5.41, 5.74) is 10.9. The maximum absolute atomic E-state index is 13.4. The molecule has 4 rings (SSSR count). The zero-order valence-electron chi connectivity index (χ0n) is 22.4. The molecule has 10 nitrogen and oxygen atoms in total. The van der Waals surface area contributed by atoms with E-state index < -0.39 is 6.10 Å². The minimum absolute atomic E-state index is 0.0989. The topological polar surface area (TPSA) is 146 Å². The van der Waals surface area contributed by atoms with E-state index in [2.05, 4.69) is 38.6 Å². The van der Waals surface area contributed by atoms with Crippen molar-refractivity contribution in [1.29, 1.82) is 0 Å². The first kappa shape index (κ1) is 27.1. The first-order valence-corrected chi connectivity index (χ1v) is 13.5. The first-order chi connectivity index (χ1) is 17.7. The van der Waals surface area contributed by atoms with Crippen LogP contribution in [0, 0.1) is 18.8 Å². The summed E-state index contributed by atoms with van der Waals surface area (Å²) in [4.78, 5) is 16.3. The van der Waals surface area contributed by atoms with Crippen LogP contribution < -0.4 is 10.9 Å². The Balaban J connectivity index is 1.56. The van der Waals surface area contributed by atoms with Gasteiger partial charge in [-0.05, 0) is 81.4 Å². The summed E-state index contributed by atoms with van der Waals surface area (Å²) in [6, 6.07) is 5.88. The number of azide groups is 1. The van der Waals surface area contributed by atoms with Crippen molar-refractivity contribution in [2.75, 3.05) is 5.01 Å². The highest BCUT2D eigenvalue weighted by Crippen LogP contribution is 2.48. The Morgan fingerprint density at radius 1 is 1.30 bits per heavy atom. The Morgan fingerprint density at radius 2 is 2.03 bits per heavy atom. The van der Waals surface area contributed by atoms with Crippen LogP contribution in [0.15, 0.2) is 23.3 Å². The maximum Gasteiger partial charge on any atom is 0.241 e. The highest BCUT2D eigenvalue weighted by molar-refractivity contribution is 5.93. The van der Waals surface area contributed by atoms with E-state index >= 15 is 0 Å². The Labute approximate surface area is 218 Å². The summed E-state index contributed by atoms with van der Waals surface area (Å²) >= 11 is 0. The van der Waals surface area contributed by atoms with Gasteiger partial charge in [0.25, 0.3) is 0 Å². The third-order valence-corrected chi connectivity index (χ3v) is 7.55. The zero-order valence-corrected chi connectivity index (χ0v) is 22.4. The van der Waals surface area contributed by atoms with Crippen molar-refractivity contribution in [1.82, 2.24) is 14.8 Å². The van der Waals surface area contributed by atoms with E-state index in [0.717, 1.165) is 53.8 Å². The molecule has 10 heteroatoms. The third kappa shape index (κ3) is 6.50. The number of aliphatic hydroxyl groups is 1. The lowest BCUT2D eigenvalue weighted by molar-refractivity contribution is -0.119. The molecule has 3 N–H and O–H groups in total. The molecule has 2 saturated carbocycles. The number of amides is 1. The number of anilines is 1. The van der Waals surface area contributed by atoms with Gasteiger partial charge in [0, 0.05) is 29.2 Å². The highest BCUT2D eigenvalue weighted by Gasteiger charge is 2.40. The van der Waals surface area contributed by atoms with E-state index in [1.807, 2.05) is 19.1 Å². The summed E-state index contributed by atoms with van der Waals surface area (Å²) in [5, 5.41) is 24.3. The molecule has 0 bridgehead atoms. The van der Waals surface area contributed by atoms with Crippen LogP contribution in [0.5, 0.6) is 0 Å². The molecule has 2 aliphatic rings. The van der Waals surface area contributed by atoms with Gasteiger partial charge in [0.2, 0.25) is 5.91 Å². The number of benzene rings is 1. The molecule has 2 atom stereocenters. The van der Waals surface area contributed by atoms with Gasteiger partial charge in [0.1, 0.15) is 11.6 Å². The molecule has 1 aromatic heterocycles. The Kier molecular flexibility index (Phi) is 8.52. The lowest BCUT2D eigenvalue weighted by Gasteiger charge is -2.36. The largest absolute Gasteiger partial charge is 0.393 e. The number of carbonyl (C=O) groups excluding carboxylic acids is 1. The average molecular weight is 509 g/mol. The number of aliphatic hydroxyl groups excluding tert-OH is 1. The molecule has 2 fully saturated rings. The SMILES string of the molecule is Cc1ccc(N(N)C(=O)C[C@H](C[C@H](C)O)c2nnc(C3CC(CC(C)C)C3)n2C2CC2)c(CN=[N+]=[N-])c1. The second-order valence-corrected chi connectivity index (χ2v) is 11.5. The number of carbonyl (C=O) groups is 1. The molecule has 1 heterocycles. The van der Waals surface area contributed by atoms with Crippen LogP contribution in [-0.2, 0) is 11.3 Å². The normalized spacial score (nSPS) is 20.7. The van der Waals surface area contributed by atoms with Crippen molar-refractivity contribution >= 4 is 11.6 Å². The smallest absolute Gasteiger partial charge is 0.241 e. The standard InChI is InChI=1S/C27H40N8O2/c1-16(2)9-19-12-21(13-19)27-32-31-26(34(27)23-6-7-23)20(11-18(4)36)14-25(37)35(29)24-8-5-17(3)10-22(24)15-30-33-28/h5,8,10,16,18-21,23,36H,6-7,9,11-15,29H2,1-4H3/t18-,19?,20-,21?/m0/s1. The molecular formula is C27H40N8O2. The van der Waals surface area contributed by atoms with Crippen molar-refractivity contribution in [3.05, 3.63) is 51.4 Å². The van der Waals surface area contributed by atoms with E-state index in [9.17, 15) is 9.90 Å². The molecule has 0 radical (unpaired) electrons. The number of aromatic nitrogens is 3. The number of hydrogen-bond donors (Lipinski definition) is 2. The lowest BCUT2D eigenvalue weighted by atomic mass is 9.71. The minimum atomic E-state index is -0.601. The van der Waals surface area contributed by atoms with Gasteiger partial charge < -0.3 is 9.67 Å². The van der Waals surface area contributed by atoms with E-state index in [0.29, 0.717) is 35.5 Å². The fraction of sp³-hybridized carbons (Fsp3) is 0.667. The molecule has 1 amide bonds. The van der Waals surface area contributed by atoms with Gasteiger partial charge in [-0.1, -0.05) is 36.7 Å². The van der Waals surface area contributed by atoms with Crippen molar-refractivity contribution < 1.29 is 9.90 Å². The van der Waals surface area contributed by atoms with Crippen LogP contribution in [0.3, 0.4) is 0 Å². The summed E-state index contributed by atoms with van der Waals surface area (Å²) in [6.07, 6.45) is 5.59. The van der Waals surface area contributed by atoms with Gasteiger partial charge >= 0.3 is 0 Å². The summed E-state index contributed by atoms with van der Waals surface area (Å²) in [5.74, 6) is 9.39. The third-order valence-electron chi connectivity index (χ3n) is 7.55. The molecule has 0 aliphatic heterocycles. The van der Waals surface area contributed by atoms with Crippen LogP contribution in [-0.4, -0.2) is 31.9 Å². The van der Waals surface area contributed by atoms with Crippen LogP contribution in [0.2, 0.25) is 0 Å². The predicted molar refractivity (Wildman–Crippen MR) is 143 cm³/mol. The molecule has 0 spiro atoms. The molecule has 0 unspecified atom stereocenters. The molecule has 200 valence electrons. The zero-order chi connectivity index (χ0) is 26.7. The molecular weight excluding hydrogens is 468 g/mol. The van der Waals surface area contributed by atoms with Crippen molar-refractivity contribution in [2.45, 2.75) is 103 Å². The summed E-state index contributed by atoms with van der Waals surface area (Å²) < 4.78 is 2.27. The summed E-state index contributed by atoms with van der Waals surface area (Å²) in [6.45, 7) is 8.31. The Bertz CT molecular complexity index is 1140. The second kappa shape index (κ2) is 11.6. The molecule has 2 aromatic rings. The van der Waals surface area contributed by atoms with Crippen molar-refractivity contribution in [3.8, 4) is 0 Å². The number of nitrogens with zero attached hydrogens (tertiary/aromatic N) is 7. The van der Waals surface area contributed by atoms with E-state index in [1.165, 1.54) is 6.42 Å². The quantitative estimate of drug-likeness (QED) is 0.0981. The van der Waals surface area contributed by atoms with Gasteiger partial charge in [0.05, 0.1) is 18.3 Å². The fourth-order valence-corrected chi connectivity index (χ4v) is 5.70. The van der Waals surface area contributed by atoms with E-state index in [-0.39, 0.29) is 24.8 Å². The van der Waals surface area contributed by atoms with Crippen LogP contribution in [0.25, 0.3) is 10.4 Å². The van der Waals surface area contributed by atoms with Crippen LogP contribution in [0.4, 0.5) is 5.69 Å². The predicted octanol–water partition coefficient (Wildman–Crippen LogP) is 5.42. The first-order valence-electron chi connectivity index (χ1n) is 13.5. The van der Waals surface area contributed by atoms with Crippen molar-refractivity contribution in [3.63, 3.8) is 0 Å².